The molecule has 0 heterocycles. The van der Waals surface area contributed by atoms with Crippen LogP contribution in [0.5, 0.6) is 0 Å². The van der Waals surface area contributed by atoms with E-state index < -0.39 is 0 Å². The smallest absolute Gasteiger partial charge is 0.0855 e. The molecule has 1 rings (SSSR count). The molecule has 0 aliphatic carbocycles. The first-order chi connectivity index (χ1) is 6.50. The van der Waals surface area contributed by atoms with Crippen molar-refractivity contribution in [2.45, 2.75) is 6.92 Å². The van der Waals surface area contributed by atoms with Crippen molar-refractivity contribution in [3.05, 3.63) is 25.1 Å². The first kappa shape index (κ1) is 12.5. The van der Waals surface area contributed by atoms with Gasteiger partial charge in [-0.1, -0.05) is 58.0 Å². The third-order valence-electron chi connectivity index (χ3n) is 1.56. The van der Waals surface area contributed by atoms with Crippen LogP contribution in [0.3, 0.4) is 0 Å². The molecular formula is C8H6Cl5N. The molecule has 0 spiro atoms. The molecule has 0 aliphatic rings. The van der Waals surface area contributed by atoms with Gasteiger partial charge in [0.2, 0.25) is 0 Å². The average Bonchev–Trinajstić information content (AvgIpc) is 2.19. The van der Waals surface area contributed by atoms with Crippen molar-refractivity contribution in [2.24, 2.45) is 0 Å². The molecule has 6 heteroatoms. The van der Waals surface area contributed by atoms with Crippen molar-refractivity contribution >= 4 is 63.7 Å². The molecule has 0 saturated carbocycles. The first-order valence-corrected chi connectivity index (χ1v) is 5.65. The molecule has 0 amide bonds. The van der Waals surface area contributed by atoms with Crippen molar-refractivity contribution in [2.75, 3.05) is 11.9 Å². The lowest BCUT2D eigenvalue weighted by Gasteiger charge is -2.12. The fourth-order valence-electron chi connectivity index (χ4n) is 0.937. The molecule has 0 radical (unpaired) electrons. The predicted molar refractivity (Wildman–Crippen MR) is 65.7 cm³/mol. The van der Waals surface area contributed by atoms with Gasteiger partial charge in [0.1, 0.15) is 0 Å². The summed E-state index contributed by atoms with van der Waals surface area (Å²) < 4.78 is 0. The summed E-state index contributed by atoms with van der Waals surface area (Å²) in [5.41, 5.74) is 0.509. The minimum absolute atomic E-state index is 0.171. The van der Waals surface area contributed by atoms with Crippen LogP contribution in [-0.2, 0) is 0 Å². The number of anilines is 1. The van der Waals surface area contributed by atoms with E-state index in [1.165, 1.54) is 0 Å². The highest BCUT2D eigenvalue weighted by Crippen LogP contribution is 2.46. The third kappa shape index (κ3) is 2.17. The van der Waals surface area contributed by atoms with Crippen molar-refractivity contribution < 1.29 is 0 Å². The van der Waals surface area contributed by atoms with Gasteiger partial charge in [-0.05, 0) is 6.92 Å². The lowest BCUT2D eigenvalue weighted by atomic mass is 10.3. The van der Waals surface area contributed by atoms with Crippen LogP contribution in [0.1, 0.15) is 6.92 Å². The van der Waals surface area contributed by atoms with Gasteiger partial charge in [0, 0.05) is 6.54 Å². The molecule has 1 nitrogen and oxygen atoms in total. The lowest BCUT2D eigenvalue weighted by Crippen LogP contribution is -1.99. The number of rotatable bonds is 2. The van der Waals surface area contributed by atoms with Crippen molar-refractivity contribution in [1.29, 1.82) is 0 Å². The summed E-state index contributed by atoms with van der Waals surface area (Å²) in [5.74, 6) is 0. The summed E-state index contributed by atoms with van der Waals surface area (Å²) >= 11 is 29.4. The molecule has 1 aromatic rings. The van der Waals surface area contributed by atoms with Crippen molar-refractivity contribution in [1.82, 2.24) is 0 Å². The Labute approximate surface area is 107 Å². The van der Waals surface area contributed by atoms with Gasteiger partial charge >= 0.3 is 0 Å². The maximum Gasteiger partial charge on any atom is 0.0855 e. The van der Waals surface area contributed by atoms with Crippen LogP contribution in [0.2, 0.25) is 25.1 Å². The zero-order chi connectivity index (χ0) is 10.9. The van der Waals surface area contributed by atoms with E-state index in [2.05, 4.69) is 5.32 Å². The zero-order valence-electron chi connectivity index (χ0n) is 7.10. The Balaban J connectivity index is 3.43. The van der Waals surface area contributed by atoms with Gasteiger partial charge in [0.05, 0.1) is 30.8 Å². The zero-order valence-corrected chi connectivity index (χ0v) is 10.9. The Bertz CT molecular complexity index is 334. The largest absolute Gasteiger partial charge is 0.383 e. The Morgan fingerprint density at radius 1 is 0.786 bits per heavy atom. The van der Waals surface area contributed by atoms with Crippen molar-refractivity contribution in [3.63, 3.8) is 0 Å². The van der Waals surface area contributed by atoms with E-state index in [-0.39, 0.29) is 25.1 Å². The second-order valence-corrected chi connectivity index (χ2v) is 4.37. The second-order valence-electron chi connectivity index (χ2n) is 2.48. The van der Waals surface area contributed by atoms with Crippen LogP contribution in [0.4, 0.5) is 5.69 Å². The number of halogens is 5. The van der Waals surface area contributed by atoms with E-state index in [0.717, 1.165) is 0 Å². The Morgan fingerprint density at radius 3 is 1.50 bits per heavy atom. The maximum absolute atomic E-state index is 5.93. The maximum atomic E-state index is 5.93. The Kier molecular flexibility index (Phi) is 4.48. The van der Waals surface area contributed by atoms with Crippen molar-refractivity contribution in [3.8, 4) is 0 Å². The fourth-order valence-corrected chi connectivity index (χ4v) is 2.21. The minimum atomic E-state index is 0.171. The van der Waals surface area contributed by atoms with E-state index in [4.69, 9.17) is 58.0 Å². The molecule has 0 saturated heterocycles. The molecular weight excluding hydrogens is 287 g/mol. The molecule has 0 aliphatic heterocycles. The number of hydrogen-bond donors (Lipinski definition) is 1. The highest BCUT2D eigenvalue weighted by atomic mass is 35.5. The predicted octanol–water partition coefficient (Wildman–Crippen LogP) is 5.39. The molecule has 0 fully saturated rings. The van der Waals surface area contributed by atoms with Gasteiger partial charge in [0.15, 0.2) is 0 Å². The molecule has 0 aromatic heterocycles. The molecule has 1 aromatic carbocycles. The molecule has 14 heavy (non-hydrogen) atoms. The lowest BCUT2D eigenvalue weighted by molar-refractivity contribution is 1.21. The summed E-state index contributed by atoms with van der Waals surface area (Å²) in [6, 6.07) is 0. The van der Waals surface area contributed by atoms with Crippen LogP contribution in [0.15, 0.2) is 0 Å². The van der Waals surface area contributed by atoms with Gasteiger partial charge in [-0.2, -0.15) is 0 Å². The minimum Gasteiger partial charge on any atom is -0.383 e. The standard InChI is InChI=1S/C8H6Cl5N/c1-2-14-8-6(12)4(10)3(9)5(11)7(8)13/h14H,2H2,1H3. The summed E-state index contributed by atoms with van der Waals surface area (Å²) in [5, 5.41) is 4.12. The van der Waals surface area contributed by atoms with E-state index >= 15 is 0 Å². The molecule has 0 atom stereocenters. The van der Waals surface area contributed by atoms with Crippen LogP contribution < -0.4 is 5.32 Å². The number of nitrogens with one attached hydrogen (secondary N) is 1. The Morgan fingerprint density at radius 2 is 1.14 bits per heavy atom. The average molecular weight is 293 g/mol. The van der Waals surface area contributed by atoms with Crippen LogP contribution >= 0.6 is 58.0 Å². The van der Waals surface area contributed by atoms with Gasteiger partial charge < -0.3 is 5.32 Å². The molecule has 1 N–H and O–H groups in total. The van der Waals surface area contributed by atoms with Gasteiger partial charge in [-0.25, -0.2) is 0 Å². The Hall–Kier alpha value is 0.470. The van der Waals surface area contributed by atoms with Gasteiger partial charge in [-0.15, -0.1) is 0 Å². The normalized spacial score (nSPS) is 10.4. The molecule has 0 unspecified atom stereocenters. The topological polar surface area (TPSA) is 12.0 Å². The van der Waals surface area contributed by atoms with Crippen LogP contribution in [0.25, 0.3) is 0 Å². The first-order valence-electron chi connectivity index (χ1n) is 3.76. The highest BCUT2D eigenvalue weighted by Gasteiger charge is 2.18. The third-order valence-corrected chi connectivity index (χ3v) is 3.84. The molecule has 78 valence electrons. The second kappa shape index (κ2) is 5.00. The van der Waals surface area contributed by atoms with Crippen LogP contribution in [0, 0.1) is 0 Å². The number of benzene rings is 1. The SMILES string of the molecule is CCNc1c(Cl)c(Cl)c(Cl)c(Cl)c1Cl. The monoisotopic (exact) mass is 291 g/mol. The van der Waals surface area contributed by atoms with Crippen LogP contribution in [-0.4, -0.2) is 6.54 Å². The summed E-state index contributed by atoms with van der Waals surface area (Å²) in [6.07, 6.45) is 0. The van der Waals surface area contributed by atoms with E-state index in [1.54, 1.807) is 0 Å². The quantitative estimate of drug-likeness (QED) is 0.570. The summed E-state index contributed by atoms with van der Waals surface area (Å²) in [4.78, 5) is 0. The fraction of sp³-hybridized carbons (Fsp3) is 0.250. The summed E-state index contributed by atoms with van der Waals surface area (Å²) in [7, 11) is 0. The highest BCUT2D eigenvalue weighted by molar-refractivity contribution is 6.56. The summed E-state index contributed by atoms with van der Waals surface area (Å²) in [6.45, 7) is 2.57. The van der Waals surface area contributed by atoms with E-state index in [0.29, 0.717) is 12.2 Å². The van der Waals surface area contributed by atoms with E-state index in [9.17, 15) is 0 Å². The number of hydrogen-bond acceptors (Lipinski definition) is 1. The van der Waals surface area contributed by atoms with E-state index in [1.807, 2.05) is 6.92 Å². The van der Waals surface area contributed by atoms with Gasteiger partial charge in [0.25, 0.3) is 0 Å². The van der Waals surface area contributed by atoms with Gasteiger partial charge in [-0.3, -0.25) is 0 Å². The molecule has 0 bridgehead atoms.